The molecule has 120 valence electrons. The molecule has 0 heterocycles. The maximum Gasteiger partial charge on any atom is 0.163 e. The maximum atomic E-state index is 14.1. The van der Waals surface area contributed by atoms with Gasteiger partial charge in [0.15, 0.2) is 11.6 Å². The molecule has 2 N–H and O–H groups in total. The van der Waals surface area contributed by atoms with Gasteiger partial charge in [0.25, 0.3) is 0 Å². The molecule has 0 radical (unpaired) electrons. The summed E-state index contributed by atoms with van der Waals surface area (Å²) >= 11 is 0. The number of halogens is 2. The SMILES string of the molecule is CC(C)(C)CN(CCO)C(CCO)c1cccc(F)c1F. The van der Waals surface area contributed by atoms with Crippen molar-refractivity contribution in [3.8, 4) is 0 Å². The van der Waals surface area contributed by atoms with E-state index < -0.39 is 17.7 Å². The molecule has 0 amide bonds. The Balaban J connectivity index is 3.14. The predicted octanol–water partition coefficient (Wildman–Crippen LogP) is 2.73. The molecule has 0 saturated carbocycles. The first kappa shape index (κ1) is 18.0. The van der Waals surface area contributed by atoms with Crippen molar-refractivity contribution in [3.63, 3.8) is 0 Å². The van der Waals surface area contributed by atoms with Crippen LogP contribution in [0.3, 0.4) is 0 Å². The van der Waals surface area contributed by atoms with Gasteiger partial charge in [-0.2, -0.15) is 0 Å². The summed E-state index contributed by atoms with van der Waals surface area (Å²) < 4.78 is 27.5. The van der Waals surface area contributed by atoms with Crippen molar-refractivity contribution in [3.05, 3.63) is 35.4 Å². The van der Waals surface area contributed by atoms with Crippen molar-refractivity contribution in [2.45, 2.75) is 33.2 Å². The molecule has 1 rings (SSSR count). The van der Waals surface area contributed by atoms with E-state index in [2.05, 4.69) is 0 Å². The topological polar surface area (TPSA) is 43.7 Å². The third kappa shape index (κ3) is 5.34. The summed E-state index contributed by atoms with van der Waals surface area (Å²) in [6.45, 7) is 6.85. The fourth-order valence-electron chi connectivity index (χ4n) is 2.52. The first-order valence-electron chi connectivity index (χ1n) is 7.20. The van der Waals surface area contributed by atoms with Gasteiger partial charge in [0.05, 0.1) is 6.61 Å². The molecule has 0 aliphatic carbocycles. The van der Waals surface area contributed by atoms with E-state index in [0.717, 1.165) is 6.07 Å². The Morgan fingerprint density at radius 1 is 1.14 bits per heavy atom. The number of aliphatic hydroxyl groups is 2. The Bertz CT molecular complexity index is 446. The van der Waals surface area contributed by atoms with Crippen LogP contribution in [0.15, 0.2) is 18.2 Å². The molecule has 0 aromatic heterocycles. The summed E-state index contributed by atoms with van der Waals surface area (Å²) in [5.74, 6) is -1.78. The van der Waals surface area contributed by atoms with Gasteiger partial charge in [-0.3, -0.25) is 4.90 Å². The van der Waals surface area contributed by atoms with Gasteiger partial charge >= 0.3 is 0 Å². The molecule has 0 spiro atoms. The van der Waals surface area contributed by atoms with E-state index in [-0.39, 0.29) is 30.6 Å². The van der Waals surface area contributed by atoms with Crippen LogP contribution in [-0.2, 0) is 0 Å². The maximum absolute atomic E-state index is 14.1. The lowest BCUT2D eigenvalue weighted by atomic mass is 9.93. The number of aliphatic hydroxyl groups excluding tert-OH is 2. The zero-order valence-electron chi connectivity index (χ0n) is 12.9. The Kier molecular flexibility index (Phi) is 6.71. The molecular formula is C16H25F2NO2. The molecule has 1 unspecified atom stereocenters. The van der Waals surface area contributed by atoms with Gasteiger partial charge in [0, 0.05) is 31.3 Å². The first-order valence-corrected chi connectivity index (χ1v) is 7.20. The fourth-order valence-corrected chi connectivity index (χ4v) is 2.52. The van der Waals surface area contributed by atoms with Crippen LogP contribution in [-0.4, -0.2) is 41.4 Å². The molecule has 1 aromatic carbocycles. The van der Waals surface area contributed by atoms with E-state index in [4.69, 9.17) is 0 Å². The summed E-state index contributed by atoms with van der Waals surface area (Å²) in [6.07, 6.45) is 0.288. The van der Waals surface area contributed by atoms with Crippen LogP contribution in [0.2, 0.25) is 0 Å². The van der Waals surface area contributed by atoms with Gasteiger partial charge in [-0.05, 0) is 17.9 Å². The monoisotopic (exact) mass is 301 g/mol. The third-order valence-corrected chi connectivity index (χ3v) is 3.25. The van der Waals surface area contributed by atoms with E-state index in [9.17, 15) is 19.0 Å². The molecule has 1 atom stereocenters. The van der Waals surface area contributed by atoms with Gasteiger partial charge in [0.1, 0.15) is 0 Å². The van der Waals surface area contributed by atoms with Crippen molar-refractivity contribution < 1.29 is 19.0 Å². The predicted molar refractivity (Wildman–Crippen MR) is 78.9 cm³/mol. The highest BCUT2D eigenvalue weighted by Crippen LogP contribution is 2.30. The number of hydrogen-bond acceptors (Lipinski definition) is 3. The second kappa shape index (κ2) is 7.82. The molecule has 0 aliphatic heterocycles. The van der Waals surface area contributed by atoms with Crippen molar-refractivity contribution in [2.24, 2.45) is 5.41 Å². The molecule has 0 fully saturated rings. The summed E-state index contributed by atoms with van der Waals surface area (Å²) in [5, 5.41) is 18.5. The van der Waals surface area contributed by atoms with E-state index in [0.29, 0.717) is 13.1 Å². The normalized spacial score (nSPS) is 13.7. The van der Waals surface area contributed by atoms with Crippen LogP contribution in [0.25, 0.3) is 0 Å². The van der Waals surface area contributed by atoms with E-state index in [1.807, 2.05) is 25.7 Å². The van der Waals surface area contributed by atoms with Crippen LogP contribution in [0.4, 0.5) is 8.78 Å². The summed E-state index contributed by atoms with van der Waals surface area (Å²) in [6, 6.07) is 3.62. The molecule has 3 nitrogen and oxygen atoms in total. The molecule has 1 aromatic rings. The third-order valence-electron chi connectivity index (χ3n) is 3.25. The quantitative estimate of drug-likeness (QED) is 0.814. The van der Waals surface area contributed by atoms with Crippen molar-refractivity contribution in [1.82, 2.24) is 4.90 Å². The second-order valence-corrected chi connectivity index (χ2v) is 6.43. The number of nitrogens with zero attached hydrogens (tertiary/aromatic N) is 1. The van der Waals surface area contributed by atoms with Gasteiger partial charge in [0.2, 0.25) is 0 Å². The standard InChI is InChI=1S/C16H25F2NO2/c1-16(2,3)11-19(8-10-21)14(7-9-20)12-5-4-6-13(17)15(12)18/h4-6,14,20-21H,7-11H2,1-3H3. The fraction of sp³-hybridized carbons (Fsp3) is 0.625. The van der Waals surface area contributed by atoms with Crippen LogP contribution in [0.1, 0.15) is 38.8 Å². The molecule has 5 heteroatoms. The number of benzene rings is 1. The molecule has 21 heavy (non-hydrogen) atoms. The van der Waals surface area contributed by atoms with E-state index >= 15 is 0 Å². The minimum absolute atomic E-state index is 0.0628. The zero-order valence-corrected chi connectivity index (χ0v) is 12.9. The van der Waals surface area contributed by atoms with E-state index in [1.54, 1.807) is 0 Å². The molecule has 0 saturated heterocycles. The van der Waals surface area contributed by atoms with Gasteiger partial charge < -0.3 is 10.2 Å². The lowest BCUT2D eigenvalue weighted by Gasteiger charge is -2.36. The number of rotatable bonds is 7. The van der Waals surface area contributed by atoms with Gasteiger partial charge in [-0.25, -0.2) is 8.78 Å². The van der Waals surface area contributed by atoms with Gasteiger partial charge in [-0.1, -0.05) is 32.9 Å². The highest BCUT2D eigenvalue weighted by atomic mass is 19.2. The number of hydrogen-bond donors (Lipinski definition) is 2. The minimum Gasteiger partial charge on any atom is -0.396 e. The second-order valence-electron chi connectivity index (χ2n) is 6.43. The van der Waals surface area contributed by atoms with Crippen LogP contribution >= 0.6 is 0 Å². The smallest absolute Gasteiger partial charge is 0.163 e. The highest BCUT2D eigenvalue weighted by molar-refractivity contribution is 5.23. The van der Waals surface area contributed by atoms with Crippen LogP contribution in [0, 0.1) is 17.0 Å². The van der Waals surface area contributed by atoms with Crippen molar-refractivity contribution in [2.75, 3.05) is 26.3 Å². The van der Waals surface area contributed by atoms with Crippen LogP contribution in [0.5, 0.6) is 0 Å². The lowest BCUT2D eigenvalue weighted by molar-refractivity contribution is 0.0904. The first-order chi connectivity index (χ1) is 9.80. The Labute approximate surface area is 125 Å². The highest BCUT2D eigenvalue weighted by Gasteiger charge is 2.27. The van der Waals surface area contributed by atoms with Crippen molar-refractivity contribution in [1.29, 1.82) is 0 Å². The minimum atomic E-state index is -0.893. The summed E-state index contributed by atoms with van der Waals surface area (Å²) in [4.78, 5) is 1.90. The average molecular weight is 301 g/mol. The lowest BCUT2D eigenvalue weighted by Crippen LogP contribution is -2.38. The molecule has 0 bridgehead atoms. The van der Waals surface area contributed by atoms with Crippen molar-refractivity contribution >= 4 is 0 Å². The summed E-state index contributed by atoms with van der Waals surface area (Å²) in [5.41, 5.74) is 0.161. The Morgan fingerprint density at radius 3 is 2.33 bits per heavy atom. The van der Waals surface area contributed by atoms with E-state index in [1.165, 1.54) is 12.1 Å². The largest absolute Gasteiger partial charge is 0.396 e. The van der Waals surface area contributed by atoms with Gasteiger partial charge in [-0.15, -0.1) is 0 Å². The Hall–Kier alpha value is -1.04. The zero-order chi connectivity index (χ0) is 16.0. The van der Waals surface area contributed by atoms with Crippen LogP contribution < -0.4 is 0 Å². The molecular weight excluding hydrogens is 276 g/mol. The Morgan fingerprint density at radius 2 is 1.81 bits per heavy atom. The molecule has 0 aliphatic rings. The average Bonchev–Trinajstić information content (AvgIpc) is 2.38. The summed E-state index contributed by atoms with van der Waals surface area (Å²) in [7, 11) is 0.